The molecule has 1 saturated heterocycles. The van der Waals surface area contributed by atoms with Crippen LogP contribution in [0.2, 0.25) is 0 Å². The second-order valence-electron chi connectivity index (χ2n) is 13.3. The van der Waals surface area contributed by atoms with Gasteiger partial charge < -0.3 is 25.3 Å². The van der Waals surface area contributed by atoms with Crippen molar-refractivity contribution in [3.8, 4) is 0 Å². The Hall–Kier alpha value is -4.53. The van der Waals surface area contributed by atoms with Crippen molar-refractivity contribution in [1.82, 2.24) is 25.3 Å². The molecule has 0 saturated carbocycles. The molecule has 252 valence electrons. The number of hydrogen-bond donors (Lipinski definition) is 2. The maximum absolute atomic E-state index is 14.2. The lowest BCUT2D eigenvalue weighted by Crippen LogP contribution is -2.52. The van der Waals surface area contributed by atoms with Gasteiger partial charge >= 0.3 is 0 Å². The van der Waals surface area contributed by atoms with Gasteiger partial charge in [-0.05, 0) is 80.0 Å². The predicted molar refractivity (Wildman–Crippen MR) is 193 cm³/mol. The molecule has 0 spiro atoms. The molecule has 8 nitrogen and oxygen atoms in total. The number of carbonyl (C=O) groups excluding carboxylic acids is 3. The van der Waals surface area contributed by atoms with E-state index < -0.39 is 12.0 Å². The Morgan fingerprint density at radius 2 is 1.54 bits per heavy atom. The number of fused-ring (bicyclic) bond motifs is 1. The van der Waals surface area contributed by atoms with Gasteiger partial charge in [-0.3, -0.25) is 14.4 Å². The summed E-state index contributed by atoms with van der Waals surface area (Å²) in [6, 6.07) is 31.1. The molecule has 0 aromatic heterocycles. The first kappa shape index (κ1) is 34.8. The number of benzene rings is 4. The van der Waals surface area contributed by atoms with Crippen LogP contribution in [0.1, 0.15) is 39.9 Å². The molecule has 4 aromatic rings. The normalized spacial score (nSPS) is 15.8. The van der Waals surface area contributed by atoms with E-state index in [1.54, 1.807) is 18.0 Å². The molecule has 48 heavy (non-hydrogen) atoms. The Morgan fingerprint density at radius 1 is 0.812 bits per heavy atom. The summed E-state index contributed by atoms with van der Waals surface area (Å²) in [4.78, 5) is 47.9. The van der Waals surface area contributed by atoms with E-state index in [9.17, 15) is 14.4 Å². The number of hydrogen-bond acceptors (Lipinski definition) is 5. The Labute approximate surface area is 285 Å². The van der Waals surface area contributed by atoms with E-state index in [4.69, 9.17) is 0 Å². The topological polar surface area (TPSA) is 85.0 Å². The van der Waals surface area contributed by atoms with Gasteiger partial charge in [0.2, 0.25) is 11.8 Å². The van der Waals surface area contributed by atoms with Crippen LogP contribution in [-0.4, -0.2) is 92.3 Å². The van der Waals surface area contributed by atoms with Crippen LogP contribution in [-0.2, 0) is 29.0 Å². The van der Waals surface area contributed by atoms with E-state index in [0.29, 0.717) is 24.9 Å². The largest absolute Gasteiger partial charge is 0.353 e. The number of nitrogens with zero attached hydrogens (tertiary/aromatic N) is 3. The predicted octanol–water partition coefficient (Wildman–Crippen LogP) is 4.77. The smallest absolute Gasteiger partial charge is 0.254 e. The monoisotopic (exact) mass is 647 g/mol. The highest BCUT2D eigenvalue weighted by Crippen LogP contribution is 2.23. The molecular weight excluding hydrogens is 598 g/mol. The molecule has 0 radical (unpaired) electrons. The molecule has 5 rings (SSSR count). The summed E-state index contributed by atoms with van der Waals surface area (Å²) in [6.07, 6.45) is 2.81. The molecule has 0 bridgehead atoms. The SMILES string of the molecule is CNCc1cccc(C(=O)N(C)[C@H](Cc2ccc3ccccc3c2)C(=O)NC[C@@H](Cc2ccccc2)C(=O)N2CCC[C@H]2CN(C)C)c1. The molecule has 1 aliphatic rings. The zero-order valence-corrected chi connectivity index (χ0v) is 28.7. The van der Waals surface area contributed by atoms with Crippen molar-refractivity contribution in [3.05, 3.63) is 119 Å². The number of amides is 3. The van der Waals surface area contributed by atoms with Crippen LogP contribution in [0.5, 0.6) is 0 Å². The maximum Gasteiger partial charge on any atom is 0.254 e. The Kier molecular flexibility index (Phi) is 12.0. The third kappa shape index (κ3) is 8.88. The molecule has 0 aliphatic carbocycles. The first-order valence-corrected chi connectivity index (χ1v) is 17.0. The second-order valence-corrected chi connectivity index (χ2v) is 13.3. The van der Waals surface area contributed by atoms with Crippen molar-refractivity contribution >= 4 is 28.5 Å². The summed E-state index contributed by atoms with van der Waals surface area (Å²) in [7, 11) is 7.63. The number of rotatable bonds is 14. The summed E-state index contributed by atoms with van der Waals surface area (Å²) >= 11 is 0. The van der Waals surface area contributed by atoms with Gasteiger partial charge in [0.15, 0.2) is 0 Å². The average Bonchev–Trinajstić information content (AvgIpc) is 3.56. The fraction of sp³-hybridized carbons (Fsp3) is 0.375. The van der Waals surface area contributed by atoms with E-state index in [0.717, 1.165) is 53.4 Å². The number of carbonyl (C=O) groups is 3. The van der Waals surface area contributed by atoms with Crippen molar-refractivity contribution < 1.29 is 14.4 Å². The molecule has 0 unspecified atom stereocenters. The third-order valence-corrected chi connectivity index (χ3v) is 9.32. The van der Waals surface area contributed by atoms with Gasteiger partial charge in [0.1, 0.15) is 6.04 Å². The van der Waals surface area contributed by atoms with Gasteiger partial charge in [-0.25, -0.2) is 0 Å². The van der Waals surface area contributed by atoms with Gasteiger partial charge in [-0.2, -0.15) is 0 Å². The van der Waals surface area contributed by atoms with Crippen LogP contribution < -0.4 is 10.6 Å². The summed E-state index contributed by atoms with van der Waals surface area (Å²) in [5.74, 6) is -0.864. The van der Waals surface area contributed by atoms with Crippen molar-refractivity contribution in [2.75, 3.05) is 47.8 Å². The lowest BCUT2D eigenvalue weighted by Gasteiger charge is -2.32. The van der Waals surface area contributed by atoms with Crippen molar-refractivity contribution in [1.29, 1.82) is 0 Å². The first-order chi connectivity index (χ1) is 23.2. The summed E-state index contributed by atoms with van der Waals surface area (Å²) in [5, 5.41) is 8.46. The Morgan fingerprint density at radius 3 is 2.29 bits per heavy atom. The van der Waals surface area contributed by atoms with Gasteiger partial charge in [-0.15, -0.1) is 0 Å². The van der Waals surface area contributed by atoms with E-state index in [1.165, 1.54) is 0 Å². The van der Waals surface area contributed by atoms with Gasteiger partial charge in [-0.1, -0.05) is 84.9 Å². The highest BCUT2D eigenvalue weighted by Gasteiger charge is 2.35. The first-order valence-electron chi connectivity index (χ1n) is 17.0. The van der Waals surface area contributed by atoms with Crippen molar-refractivity contribution in [3.63, 3.8) is 0 Å². The lowest BCUT2D eigenvalue weighted by atomic mass is 9.96. The molecule has 3 atom stereocenters. The molecule has 4 aromatic carbocycles. The number of likely N-dealkylation sites (N-methyl/N-ethyl adjacent to an activating group) is 2. The van der Waals surface area contributed by atoms with Crippen LogP contribution >= 0.6 is 0 Å². The Balaban J connectivity index is 1.40. The van der Waals surface area contributed by atoms with E-state index in [2.05, 4.69) is 39.8 Å². The minimum absolute atomic E-state index is 0.0698. The van der Waals surface area contributed by atoms with Gasteiger partial charge in [0.25, 0.3) is 5.91 Å². The fourth-order valence-corrected chi connectivity index (χ4v) is 6.82. The van der Waals surface area contributed by atoms with E-state index >= 15 is 0 Å². The summed E-state index contributed by atoms with van der Waals surface area (Å²) in [5.41, 5.74) is 3.52. The van der Waals surface area contributed by atoms with Crippen LogP contribution in [0.15, 0.2) is 97.1 Å². The summed E-state index contributed by atoms with van der Waals surface area (Å²) < 4.78 is 0. The molecule has 8 heteroatoms. The van der Waals surface area contributed by atoms with Crippen molar-refractivity contribution in [2.45, 2.75) is 44.3 Å². The molecular formula is C40H49N5O3. The Bertz CT molecular complexity index is 1690. The average molecular weight is 648 g/mol. The fourth-order valence-electron chi connectivity index (χ4n) is 6.82. The standard InChI is InChI=1S/C40H49N5O3/c1-41-26-31-14-10-17-34(24-31)39(47)44(4)37(25-30-19-20-32-15-8-9-16-33(32)23-30)38(46)42-27-35(22-29-12-6-5-7-13-29)40(48)45-21-11-18-36(45)28-43(2)3/h5-10,12-17,19-20,23-24,35-37,41H,11,18,21-22,25-28H2,1-4H3,(H,42,46)/t35-,36+,37-/m1/s1. The highest BCUT2D eigenvalue weighted by atomic mass is 16.2. The zero-order valence-electron chi connectivity index (χ0n) is 28.7. The van der Waals surface area contributed by atoms with Crippen LogP contribution in [0.25, 0.3) is 10.8 Å². The minimum atomic E-state index is -0.785. The van der Waals surface area contributed by atoms with Crippen LogP contribution in [0.4, 0.5) is 0 Å². The summed E-state index contributed by atoms with van der Waals surface area (Å²) in [6.45, 7) is 2.36. The van der Waals surface area contributed by atoms with Crippen molar-refractivity contribution in [2.24, 2.45) is 5.92 Å². The van der Waals surface area contributed by atoms with Crippen LogP contribution in [0, 0.1) is 5.92 Å². The zero-order chi connectivity index (χ0) is 34.0. The molecule has 1 aliphatic heterocycles. The maximum atomic E-state index is 14.2. The molecule has 2 N–H and O–H groups in total. The van der Waals surface area contributed by atoms with Gasteiger partial charge in [0, 0.05) is 51.3 Å². The van der Waals surface area contributed by atoms with Gasteiger partial charge in [0.05, 0.1) is 5.92 Å². The third-order valence-electron chi connectivity index (χ3n) is 9.32. The second kappa shape index (κ2) is 16.5. The molecule has 1 fully saturated rings. The highest BCUT2D eigenvalue weighted by molar-refractivity contribution is 5.98. The number of nitrogens with one attached hydrogen (secondary N) is 2. The quantitative estimate of drug-likeness (QED) is 0.206. The molecule has 1 heterocycles. The lowest BCUT2D eigenvalue weighted by molar-refractivity contribution is -0.136. The molecule has 3 amide bonds. The van der Waals surface area contributed by atoms with E-state index in [-0.39, 0.29) is 30.3 Å². The minimum Gasteiger partial charge on any atom is -0.353 e. The number of likely N-dealkylation sites (tertiary alicyclic amines) is 1. The van der Waals surface area contributed by atoms with E-state index in [1.807, 2.05) is 92.8 Å². The van der Waals surface area contributed by atoms with Crippen LogP contribution in [0.3, 0.4) is 0 Å².